The fourth-order valence-corrected chi connectivity index (χ4v) is 8.70. The first-order valence-electron chi connectivity index (χ1n) is 10.1. The molecule has 0 amide bonds. The van der Waals surface area contributed by atoms with Gasteiger partial charge in [-0.25, -0.2) is 0 Å². The number of rotatable bonds is 2. The van der Waals surface area contributed by atoms with Crippen LogP contribution in [0, 0.1) is 47.3 Å². The molecule has 21 heavy (non-hydrogen) atoms. The standard InChI is InChI=1S/C20H31N/c1-2-16-13-9-18(17(16)3-1)19(10-13)21-20-14-5-11-4-12(7-14)8-15(20)6-11/h11-21H,1-10H2. The van der Waals surface area contributed by atoms with Gasteiger partial charge in [-0.1, -0.05) is 6.42 Å². The molecule has 0 spiro atoms. The summed E-state index contributed by atoms with van der Waals surface area (Å²) in [7, 11) is 0. The summed E-state index contributed by atoms with van der Waals surface area (Å²) >= 11 is 0. The molecule has 116 valence electrons. The minimum atomic E-state index is 0.928. The van der Waals surface area contributed by atoms with E-state index in [1.54, 1.807) is 64.2 Å². The van der Waals surface area contributed by atoms with E-state index in [0.717, 1.165) is 59.4 Å². The highest BCUT2D eigenvalue weighted by Gasteiger charge is 2.55. The molecule has 6 bridgehead atoms. The molecule has 7 saturated carbocycles. The van der Waals surface area contributed by atoms with Crippen molar-refractivity contribution in [1.29, 1.82) is 0 Å². The van der Waals surface area contributed by atoms with Crippen molar-refractivity contribution in [3.63, 3.8) is 0 Å². The van der Waals surface area contributed by atoms with E-state index in [1.807, 2.05) is 0 Å². The van der Waals surface area contributed by atoms with Crippen molar-refractivity contribution in [2.24, 2.45) is 47.3 Å². The third-order valence-electron chi connectivity index (χ3n) is 9.06. The van der Waals surface area contributed by atoms with Crippen molar-refractivity contribution in [3.8, 4) is 0 Å². The third-order valence-corrected chi connectivity index (χ3v) is 9.06. The number of hydrogen-bond acceptors (Lipinski definition) is 1. The maximum atomic E-state index is 4.31. The maximum absolute atomic E-state index is 4.31. The smallest absolute Gasteiger partial charge is 0.0127 e. The molecule has 0 heterocycles. The Balaban J connectivity index is 1.20. The summed E-state index contributed by atoms with van der Waals surface area (Å²) in [6, 6.07) is 1.86. The van der Waals surface area contributed by atoms with Gasteiger partial charge in [0.1, 0.15) is 0 Å². The van der Waals surface area contributed by atoms with Crippen molar-refractivity contribution in [2.45, 2.75) is 76.3 Å². The topological polar surface area (TPSA) is 12.0 Å². The second-order valence-electron chi connectivity index (χ2n) is 9.88. The quantitative estimate of drug-likeness (QED) is 0.801. The van der Waals surface area contributed by atoms with Crippen LogP contribution in [0.1, 0.15) is 64.2 Å². The van der Waals surface area contributed by atoms with Gasteiger partial charge in [0.25, 0.3) is 0 Å². The summed E-state index contributed by atoms with van der Waals surface area (Å²) in [6.45, 7) is 0. The molecule has 0 aliphatic heterocycles. The van der Waals surface area contributed by atoms with E-state index in [4.69, 9.17) is 0 Å². The predicted molar refractivity (Wildman–Crippen MR) is 84.8 cm³/mol. The van der Waals surface area contributed by atoms with E-state index < -0.39 is 0 Å². The molecule has 1 N–H and O–H groups in total. The van der Waals surface area contributed by atoms with Crippen LogP contribution in [0.3, 0.4) is 0 Å². The lowest BCUT2D eigenvalue weighted by molar-refractivity contribution is -0.0222. The van der Waals surface area contributed by atoms with Gasteiger partial charge in [0.15, 0.2) is 0 Å². The summed E-state index contributed by atoms with van der Waals surface area (Å²) < 4.78 is 0. The van der Waals surface area contributed by atoms with Gasteiger partial charge in [-0.05, 0) is 105 Å². The van der Waals surface area contributed by atoms with Gasteiger partial charge in [-0.2, -0.15) is 0 Å². The largest absolute Gasteiger partial charge is 0.310 e. The molecule has 5 unspecified atom stereocenters. The van der Waals surface area contributed by atoms with Gasteiger partial charge in [0.2, 0.25) is 0 Å². The third kappa shape index (κ3) is 1.68. The van der Waals surface area contributed by atoms with E-state index in [0.29, 0.717) is 0 Å². The first-order chi connectivity index (χ1) is 10.3. The normalized spacial score (nSPS) is 63.4. The van der Waals surface area contributed by atoms with Crippen molar-refractivity contribution in [3.05, 3.63) is 0 Å². The van der Waals surface area contributed by atoms with E-state index in [-0.39, 0.29) is 0 Å². The summed E-state index contributed by atoms with van der Waals surface area (Å²) in [5.41, 5.74) is 0. The van der Waals surface area contributed by atoms with Crippen LogP contribution >= 0.6 is 0 Å². The maximum Gasteiger partial charge on any atom is 0.0127 e. The lowest BCUT2D eigenvalue weighted by Gasteiger charge is -2.55. The Hall–Kier alpha value is -0.0400. The highest BCUT2D eigenvalue weighted by Crippen LogP contribution is 2.60. The van der Waals surface area contributed by atoms with Gasteiger partial charge in [0.05, 0.1) is 0 Å². The molecule has 1 heteroatoms. The average molecular weight is 285 g/mol. The van der Waals surface area contributed by atoms with Crippen molar-refractivity contribution >= 4 is 0 Å². The summed E-state index contributed by atoms with van der Waals surface area (Å²) in [4.78, 5) is 0. The lowest BCUT2D eigenvalue weighted by Crippen LogP contribution is -2.58. The molecule has 7 fully saturated rings. The van der Waals surface area contributed by atoms with E-state index in [2.05, 4.69) is 5.32 Å². The molecule has 0 aromatic rings. The number of hydrogen-bond donors (Lipinski definition) is 1. The van der Waals surface area contributed by atoms with E-state index in [9.17, 15) is 0 Å². The Bertz CT molecular complexity index is 415. The minimum Gasteiger partial charge on any atom is -0.310 e. The lowest BCUT2D eigenvalue weighted by atomic mass is 9.54. The van der Waals surface area contributed by atoms with E-state index >= 15 is 0 Å². The van der Waals surface area contributed by atoms with Crippen LogP contribution < -0.4 is 5.32 Å². The van der Waals surface area contributed by atoms with Crippen LogP contribution in [-0.2, 0) is 0 Å². The Morgan fingerprint density at radius 2 is 1.29 bits per heavy atom. The Morgan fingerprint density at radius 1 is 0.571 bits per heavy atom. The Labute approximate surface area is 129 Å². The van der Waals surface area contributed by atoms with Crippen molar-refractivity contribution in [2.75, 3.05) is 0 Å². The summed E-state index contributed by atoms with van der Waals surface area (Å²) in [6.07, 6.45) is 15.8. The van der Waals surface area contributed by atoms with Gasteiger partial charge < -0.3 is 5.32 Å². The Morgan fingerprint density at radius 3 is 2.05 bits per heavy atom. The van der Waals surface area contributed by atoms with Crippen LogP contribution in [-0.4, -0.2) is 12.1 Å². The van der Waals surface area contributed by atoms with Crippen LogP contribution in [0.25, 0.3) is 0 Å². The highest BCUT2D eigenvalue weighted by atomic mass is 15.0. The van der Waals surface area contributed by atoms with Crippen LogP contribution in [0.4, 0.5) is 0 Å². The predicted octanol–water partition coefficient (Wildman–Crippen LogP) is 4.23. The minimum absolute atomic E-state index is 0.928. The average Bonchev–Trinajstić information content (AvgIpc) is 3.14. The zero-order valence-corrected chi connectivity index (χ0v) is 13.3. The monoisotopic (exact) mass is 285 g/mol. The second-order valence-corrected chi connectivity index (χ2v) is 9.88. The summed E-state index contributed by atoms with van der Waals surface area (Å²) in [5.74, 6) is 8.90. The van der Waals surface area contributed by atoms with Crippen molar-refractivity contribution < 1.29 is 0 Å². The molecule has 0 saturated heterocycles. The molecular weight excluding hydrogens is 254 g/mol. The Kier molecular flexibility index (Phi) is 2.52. The van der Waals surface area contributed by atoms with Gasteiger partial charge in [-0.15, -0.1) is 0 Å². The molecule has 1 nitrogen and oxygen atoms in total. The SMILES string of the molecule is C1CC2C3CC(NC4C5CC6CC(C5)CC4C6)C(C3)C2C1. The van der Waals surface area contributed by atoms with Crippen LogP contribution in [0.2, 0.25) is 0 Å². The number of fused-ring (bicyclic) bond motifs is 5. The molecule has 0 aromatic heterocycles. The molecule has 7 aliphatic carbocycles. The molecule has 0 radical (unpaired) electrons. The molecular formula is C20H31N. The first-order valence-corrected chi connectivity index (χ1v) is 10.1. The molecule has 0 aromatic carbocycles. The van der Waals surface area contributed by atoms with Crippen LogP contribution in [0.5, 0.6) is 0 Å². The highest BCUT2D eigenvalue weighted by molar-refractivity contribution is 5.08. The van der Waals surface area contributed by atoms with Gasteiger partial charge in [0, 0.05) is 12.1 Å². The van der Waals surface area contributed by atoms with Gasteiger partial charge >= 0.3 is 0 Å². The fourth-order valence-electron chi connectivity index (χ4n) is 8.70. The number of nitrogens with one attached hydrogen (secondary N) is 1. The zero-order valence-electron chi connectivity index (χ0n) is 13.3. The fraction of sp³-hybridized carbons (Fsp3) is 1.00. The summed E-state index contributed by atoms with van der Waals surface area (Å²) in [5, 5.41) is 4.31. The van der Waals surface area contributed by atoms with Crippen LogP contribution in [0.15, 0.2) is 0 Å². The van der Waals surface area contributed by atoms with Crippen molar-refractivity contribution in [1.82, 2.24) is 5.32 Å². The molecule has 7 aliphatic rings. The van der Waals surface area contributed by atoms with Gasteiger partial charge in [-0.3, -0.25) is 0 Å². The van der Waals surface area contributed by atoms with E-state index in [1.165, 1.54) is 0 Å². The zero-order chi connectivity index (χ0) is 13.6. The molecule has 5 atom stereocenters. The molecule has 7 rings (SSSR count). The second kappa shape index (κ2) is 4.28. The first kappa shape index (κ1) is 12.4.